The van der Waals surface area contributed by atoms with E-state index in [0.717, 1.165) is 25.0 Å². The molecule has 1 aliphatic rings. The van der Waals surface area contributed by atoms with Crippen molar-refractivity contribution in [2.75, 3.05) is 6.54 Å². The van der Waals surface area contributed by atoms with Crippen molar-refractivity contribution in [3.05, 3.63) is 41.6 Å². The van der Waals surface area contributed by atoms with E-state index in [0.29, 0.717) is 0 Å². The molecule has 2 nitrogen and oxygen atoms in total. The van der Waals surface area contributed by atoms with Crippen LogP contribution in [0.2, 0.25) is 0 Å². The number of nitrogens with one attached hydrogen (secondary N) is 1. The molecule has 2 aromatic rings. The lowest BCUT2D eigenvalue weighted by molar-refractivity contribution is 0.646. The van der Waals surface area contributed by atoms with E-state index in [2.05, 4.69) is 28.5 Å². The lowest BCUT2D eigenvalue weighted by atomic mass is 9.99. The van der Waals surface area contributed by atoms with Crippen molar-refractivity contribution in [2.45, 2.75) is 13.0 Å². The Labute approximate surface area is 83.0 Å². The van der Waals surface area contributed by atoms with Crippen LogP contribution < -0.4 is 5.32 Å². The molecule has 1 aliphatic heterocycles. The number of aromatic nitrogens is 1. The molecule has 14 heavy (non-hydrogen) atoms. The van der Waals surface area contributed by atoms with Crippen molar-refractivity contribution < 1.29 is 0 Å². The van der Waals surface area contributed by atoms with Crippen LogP contribution in [0.25, 0.3) is 10.9 Å². The van der Waals surface area contributed by atoms with Gasteiger partial charge < -0.3 is 5.32 Å². The maximum Gasteiger partial charge on any atom is 0.0705 e. The molecule has 3 rings (SSSR count). The summed E-state index contributed by atoms with van der Waals surface area (Å²) in [6.07, 6.45) is 3.13. The summed E-state index contributed by atoms with van der Waals surface area (Å²) in [5, 5.41) is 4.71. The van der Waals surface area contributed by atoms with Crippen LogP contribution in [0.4, 0.5) is 0 Å². The van der Waals surface area contributed by atoms with E-state index in [1.807, 2.05) is 12.3 Å². The standard InChI is InChI=1S/C12H12N2/c1-2-4-12-10(3-1)11-8-13-6-5-9(11)7-14-12/h1-4,7,13H,5-6,8H2. The van der Waals surface area contributed by atoms with Crippen molar-refractivity contribution in [3.63, 3.8) is 0 Å². The van der Waals surface area contributed by atoms with Gasteiger partial charge in [0.15, 0.2) is 0 Å². The Morgan fingerprint density at radius 2 is 2.14 bits per heavy atom. The highest BCUT2D eigenvalue weighted by atomic mass is 14.9. The van der Waals surface area contributed by atoms with Crippen LogP contribution in [0.1, 0.15) is 11.1 Å². The molecule has 1 aromatic carbocycles. The molecule has 0 fully saturated rings. The van der Waals surface area contributed by atoms with Crippen LogP contribution >= 0.6 is 0 Å². The van der Waals surface area contributed by atoms with E-state index in [-0.39, 0.29) is 0 Å². The third kappa shape index (κ3) is 1.11. The van der Waals surface area contributed by atoms with Gasteiger partial charge in [-0.05, 0) is 30.2 Å². The lowest BCUT2D eigenvalue weighted by Crippen LogP contribution is -2.23. The van der Waals surface area contributed by atoms with Crippen LogP contribution in [0.15, 0.2) is 30.5 Å². The molecule has 1 aromatic heterocycles. The minimum atomic E-state index is 0.984. The summed E-state index contributed by atoms with van der Waals surface area (Å²) in [5.74, 6) is 0. The van der Waals surface area contributed by atoms with Gasteiger partial charge in [0.1, 0.15) is 0 Å². The van der Waals surface area contributed by atoms with Gasteiger partial charge in [-0.1, -0.05) is 18.2 Å². The van der Waals surface area contributed by atoms with Crippen LogP contribution in [0, 0.1) is 0 Å². The van der Waals surface area contributed by atoms with Crippen molar-refractivity contribution in [1.82, 2.24) is 10.3 Å². The van der Waals surface area contributed by atoms with Gasteiger partial charge in [0.05, 0.1) is 5.52 Å². The molecule has 0 bridgehead atoms. The molecule has 1 N–H and O–H groups in total. The van der Waals surface area contributed by atoms with E-state index < -0.39 is 0 Å². The number of nitrogens with zero attached hydrogens (tertiary/aromatic N) is 1. The summed E-state index contributed by atoms with van der Waals surface area (Å²) in [5.41, 5.74) is 3.94. The van der Waals surface area contributed by atoms with E-state index in [1.54, 1.807) is 0 Å². The lowest BCUT2D eigenvalue weighted by Gasteiger charge is -2.18. The summed E-state index contributed by atoms with van der Waals surface area (Å²) in [6, 6.07) is 8.36. The van der Waals surface area contributed by atoms with Crippen LogP contribution in [-0.2, 0) is 13.0 Å². The largest absolute Gasteiger partial charge is 0.312 e. The molecule has 0 atom stereocenters. The zero-order valence-corrected chi connectivity index (χ0v) is 7.96. The number of para-hydroxylation sites is 1. The molecule has 0 spiro atoms. The maximum absolute atomic E-state index is 4.47. The number of rotatable bonds is 0. The third-order valence-corrected chi connectivity index (χ3v) is 2.85. The Bertz CT molecular complexity index is 477. The minimum Gasteiger partial charge on any atom is -0.312 e. The molecule has 0 amide bonds. The zero-order chi connectivity index (χ0) is 9.38. The third-order valence-electron chi connectivity index (χ3n) is 2.85. The first-order valence-corrected chi connectivity index (χ1v) is 5.01. The molecule has 2 heteroatoms. The average Bonchev–Trinajstić information content (AvgIpc) is 2.29. The Morgan fingerprint density at radius 1 is 1.21 bits per heavy atom. The van der Waals surface area contributed by atoms with Gasteiger partial charge in [-0.3, -0.25) is 4.98 Å². The summed E-state index contributed by atoms with van der Waals surface area (Å²) in [7, 11) is 0. The van der Waals surface area contributed by atoms with E-state index >= 15 is 0 Å². The molecule has 70 valence electrons. The summed E-state index contributed by atoms with van der Waals surface area (Å²) in [6.45, 7) is 2.06. The molecule has 2 heterocycles. The van der Waals surface area contributed by atoms with Gasteiger partial charge in [-0.2, -0.15) is 0 Å². The zero-order valence-electron chi connectivity index (χ0n) is 7.96. The smallest absolute Gasteiger partial charge is 0.0705 e. The molecule has 0 saturated heterocycles. The average molecular weight is 184 g/mol. The number of pyridine rings is 1. The fourth-order valence-electron chi connectivity index (χ4n) is 2.10. The molecular formula is C12H12N2. The number of hydrogen-bond donors (Lipinski definition) is 1. The van der Waals surface area contributed by atoms with Gasteiger partial charge in [0.25, 0.3) is 0 Å². The summed E-state index contributed by atoms with van der Waals surface area (Å²) in [4.78, 5) is 4.47. The Morgan fingerprint density at radius 3 is 3.14 bits per heavy atom. The van der Waals surface area contributed by atoms with Crippen molar-refractivity contribution in [1.29, 1.82) is 0 Å². The minimum absolute atomic E-state index is 0.984. The summed E-state index contributed by atoms with van der Waals surface area (Å²) < 4.78 is 0. The van der Waals surface area contributed by atoms with Crippen LogP contribution in [0.5, 0.6) is 0 Å². The van der Waals surface area contributed by atoms with E-state index in [9.17, 15) is 0 Å². The normalized spacial score (nSPS) is 15.4. The van der Waals surface area contributed by atoms with Gasteiger partial charge >= 0.3 is 0 Å². The first-order valence-electron chi connectivity index (χ1n) is 5.01. The maximum atomic E-state index is 4.47. The van der Waals surface area contributed by atoms with Gasteiger partial charge in [-0.15, -0.1) is 0 Å². The first kappa shape index (κ1) is 7.94. The summed E-state index contributed by atoms with van der Waals surface area (Å²) >= 11 is 0. The molecule has 0 aliphatic carbocycles. The van der Waals surface area contributed by atoms with Gasteiger partial charge in [-0.25, -0.2) is 0 Å². The van der Waals surface area contributed by atoms with E-state index in [1.165, 1.54) is 16.5 Å². The predicted octanol–water partition coefficient (Wildman–Crippen LogP) is 1.88. The van der Waals surface area contributed by atoms with Gasteiger partial charge in [0.2, 0.25) is 0 Å². The quantitative estimate of drug-likeness (QED) is 0.676. The first-order chi connectivity index (χ1) is 6.95. The number of benzene rings is 1. The molecular weight excluding hydrogens is 172 g/mol. The fraction of sp³-hybridized carbons (Fsp3) is 0.250. The van der Waals surface area contributed by atoms with Crippen LogP contribution in [0.3, 0.4) is 0 Å². The topological polar surface area (TPSA) is 24.9 Å². The second-order valence-corrected chi connectivity index (χ2v) is 3.71. The second-order valence-electron chi connectivity index (χ2n) is 3.71. The molecule has 0 saturated carbocycles. The highest BCUT2D eigenvalue weighted by molar-refractivity contribution is 5.83. The predicted molar refractivity (Wildman–Crippen MR) is 57.2 cm³/mol. The second kappa shape index (κ2) is 3.07. The fourth-order valence-corrected chi connectivity index (χ4v) is 2.10. The monoisotopic (exact) mass is 184 g/mol. The van der Waals surface area contributed by atoms with Crippen molar-refractivity contribution >= 4 is 10.9 Å². The van der Waals surface area contributed by atoms with Crippen molar-refractivity contribution in [2.24, 2.45) is 0 Å². The van der Waals surface area contributed by atoms with E-state index in [4.69, 9.17) is 0 Å². The Hall–Kier alpha value is -1.41. The molecule has 0 radical (unpaired) electrons. The SMILES string of the molecule is c1ccc2c3c(cnc2c1)CCNC3. The number of hydrogen-bond acceptors (Lipinski definition) is 2. The number of fused-ring (bicyclic) bond motifs is 3. The molecule has 0 unspecified atom stereocenters. The Kier molecular flexibility index (Phi) is 1.74. The highest BCUT2D eigenvalue weighted by Crippen LogP contribution is 2.22. The van der Waals surface area contributed by atoms with Crippen LogP contribution in [-0.4, -0.2) is 11.5 Å². The van der Waals surface area contributed by atoms with Crippen molar-refractivity contribution in [3.8, 4) is 0 Å². The van der Waals surface area contributed by atoms with Gasteiger partial charge in [0, 0.05) is 18.1 Å². The highest BCUT2D eigenvalue weighted by Gasteiger charge is 2.11. The Balaban J connectivity index is 2.34.